The van der Waals surface area contributed by atoms with Crippen LogP contribution in [-0.4, -0.2) is 23.7 Å². The summed E-state index contributed by atoms with van der Waals surface area (Å²) in [7, 11) is 0. The largest absolute Gasteiger partial charge is 0.468 e. The van der Waals surface area contributed by atoms with E-state index in [-0.39, 0.29) is 18.3 Å². The molecule has 0 radical (unpaired) electrons. The molecule has 0 unspecified atom stereocenters. The van der Waals surface area contributed by atoms with Crippen LogP contribution in [0.2, 0.25) is 0 Å². The minimum Gasteiger partial charge on any atom is -0.468 e. The van der Waals surface area contributed by atoms with E-state index in [0.29, 0.717) is 10.4 Å². The van der Waals surface area contributed by atoms with Gasteiger partial charge in [-0.25, -0.2) is 4.98 Å². The molecule has 22 heavy (non-hydrogen) atoms. The van der Waals surface area contributed by atoms with Crippen molar-refractivity contribution in [3.63, 3.8) is 0 Å². The molecule has 0 atom stereocenters. The monoisotopic (exact) mass is 330 g/mol. The summed E-state index contributed by atoms with van der Waals surface area (Å²) < 4.78 is 41.2. The molecule has 2 rings (SSSR count). The van der Waals surface area contributed by atoms with Crippen LogP contribution in [0.1, 0.15) is 20.1 Å². The zero-order chi connectivity index (χ0) is 16.2. The highest BCUT2D eigenvalue weighted by Crippen LogP contribution is 2.20. The van der Waals surface area contributed by atoms with Gasteiger partial charge in [-0.05, 0) is 25.1 Å². The van der Waals surface area contributed by atoms with E-state index in [1.807, 2.05) is 13.0 Å². The standard InChI is InChI=1S/C14H13F3N2O2S/c1-9-4-5-11(22-9)12(20)19-7-10-3-2-6-18-13(10)21-8-14(15,16)17/h2-6H,7-8H2,1H3,(H,19,20). The number of rotatable bonds is 5. The average Bonchev–Trinajstić information content (AvgIpc) is 2.89. The third-order valence-electron chi connectivity index (χ3n) is 2.63. The third kappa shape index (κ3) is 4.73. The predicted octanol–water partition coefficient (Wildman–Crippen LogP) is 3.32. The zero-order valence-electron chi connectivity index (χ0n) is 11.6. The molecule has 118 valence electrons. The summed E-state index contributed by atoms with van der Waals surface area (Å²) in [5.74, 6) is -0.425. The summed E-state index contributed by atoms with van der Waals surface area (Å²) >= 11 is 1.34. The van der Waals surface area contributed by atoms with Crippen molar-refractivity contribution in [1.29, 1.82) is 0 Å². The molecule has 0 spiro atoms. The van der Waals surface area contributed by atoms with Crippen LogP contribution in [0.3, 0.4) is 0 Å². The molecule has 0 aliphatic carbocycles. The molecule has 2 heterocycles. The van der Waals surface area contributed by atoms with Crippen LogP contribution in [0.15, 0.2) is 30.5 Å². The van der Waals surface area contributed by atoms with Crippen molar-refractivity contribution in [2.45, 2.75) is 19.6 Å². The number of nitrogens with one attached hydrogen (secondary N) is 1. The smallest absolute Gasteiger partial charge is 0.422 e. The second-order valence-corrected chi connectivity index (χ2v) is 5.75. The highest BCUT2D eigenvalue weighted by Gasteiger charge is 2.29. The molecule has 0 saturated heterocycles. The van der Waals surface area contributed by atoms with Gasteiger partial charge in [0.15, 0.2) is 6.61 Å². The van der Waals surface area contributed by atoms with Gasteiger partial charge in [0.2, 0.25) is 5.88 Å². The van der Waals surface area contributed by atoms with Crippen molar-refractivity contribution >= 4 is 17.2 Å². The molecule has 0 saturated carbocycles. The molecule has 1 amide bonds. The minimum atomic E-state index is -4.44. The second kappa shape index (κ2) is 6.78. The number of hydrogen-bond donors (Lipinski definition) is 1. The Morgan fingerprint density at radius 2 is 2.14 bits per heavy atom. The van der Waals surface area contributed by atoms with Crippen molar-refractivity contribution < 1.29 is 22.7 Å². The fourth-order valence-electron chi connectivity index (χ4n) is 1.66. The average molecular weight is 330 g/mol. The number of ether oxygens (including phenoxy) is 1. The summed E-state index contributed by atoms with van der Waals surface area (Å²) in [5.41, 5.74) is 0.383. The van der Waals surface area contributed by atoms with Gasteiger partial charge in [-0.2, -0.15) is 13.2 Å². The fourth-order valence-corrected chi connectivity index (χ4v) is 2.44. The van der Waals surface area contributed by atoms with Crippen LogP contribution in [-0.2, 0) is 6.54 Å². The summed E-state index contributed by atoms with van der Waals surface area (Å²) in [5, 5.41) is 2.64. The van der Waals surface area contributed by atoms with Crippen molar-refractivity contribution in [3.8, 4) is 5.88 Å². The Balaban J connectivity index is 1.99. The van der Waals surface area contributed by atoms with Crippen molar-refractivity contribution in [1.82, 2.24) is 10.3 Å². The lowest BCUT2D eigenvalue weighted by atomic mass is 10.2. The number of hydrogen-bond acceptors (Lipinski definition) is 4. The van der Waals surface area contributed by atoms with Gasteiger partial charge in [-0.3, -0.25) is 4.79 Å². The van der Waals surface area contributed by atoms with E-state index in [0.717, 1.165) is 4.88 Å². The Morgan fingerprint density at radius 3 is 2.77 bits per heavy atom. The number of aryl methyl sites for hydroxylation is 1. The van der Waals surface area contributed by atoms with Gasteiger partial charge in [0.25, 0.3) is 5.91 Å². The van der Waals surface area contributed by atoms with Crippen LogP contribution < -0.4 is 10.1 Å². The molecular formula is C14H13F3N2O2S. The number of halogens is 3. The van der Waals surface area contributed by atoms with Crippen molar-refractivity contribution in [3.05, 3.63) is 45.8 Å². The van der Waals surface area contributed by atoms with Crippen LogP contribution in [0.4, 0.5) is 13.2 Å². The van der Waals surface area contributed by atoms with E-state index in [1.165, 1.54) is 17.5 Å². The Bertz CT molecular complexity index is 656. The number of carbonyl (C=O) groups is 1. The van der Waals surface area contributed by atoms with Gasteiger partial charge in [0.1, 0.15) is 0 Å². The quantitative estimate of drug-likeness (QED) is 0.915. The van der Waals surface area contributed by atoms with Gasteiger partial charge in [0.05, 0.1) is 4.88 Å². The van der Waals surface area contributed by atoms with Crippen molar-refractivity contribution in [2.75, 3.05) is 6.61 Å². The summed E-state index contributed by atoms with van der Waals surface area (Å²) in [6.07, 6.45) is -3.10. The first-order valence-electron chi connectivity index (χ1n) is 6.33. The first kappa shape index (κ1) is 16.3. The lowest BCUT2D eigenvalue weighted by molar-refractivity contribution is -0.154. The molecule has 0 fully saturated rings. The van der Waals surface area contributed by atoms with Crippen LogP contribution >= 0.6 is 11.3 Å². The highest BCUT2D eigenvalue weighted by atomic mass is 32.1. The maximum Gasteiger partial charge on any atom is 0.422 e. The van der Waals surface area contributed by atoms with Gasteiger partial charge < -0.3 is 10.1 Å². The number of alkyl halides is 3. The minimum absolute atomic E-state index is 0.0385. The fraction of sp³-hybridized carbons (Fsp3) is 0.286. The van der Waals surface area contributed by atoms with E-state index in [1.54, 1.807) is 18.2 Å². The predicted molar refractivity (Wildman–Crippen MR) is 76.0 cm³/mol. The Kier molecular flexibility index (Phi) is 5.02. The summed E-state index contributed by atoms with van der Waals surface area (Å²) in [4.78, 5) is 17.2. The van der Waals surface area contributed by atoms with Crippen LogP contribution in [0.5, 0.6) is 5.88 Å². The Morgan fingerprint density at radius 1 is 1.36 bits per heavy atom. The lowest BCUT2D eigenvalue weighted by Gasteiger charge is -2.12. The molecule has 4 nitrogen and oxygen atoms in total. The molecule has 1 N–H and O–H groups in total. The van der Waals surface area contributed by atoms with Gasteiger partial charge >= 0.3 is 6.18 Å². The molecule has 0 aliphatic heterocycles. The third-order valence-corrected chi connectivity index (χ3v) is 3.63. The summed E-state index contributed by atoms with van der Waals surface area (Å²) in [6.45, 7) is 0.498. The number of carbonyl (C=O) groups excluding carboxylic acids is 1. The molecule has 0 aliphatic rings. The van der Waals surface area contributed by atoms with E-state index < -0.39 is 12.8 Å². The Labute approximate surface area is 128 Å². The normalized spacial score (nSPS) is 11.3. The van der Waals surface area contributed by atoms with Crippen LogP contribution in [0.25, 0.3) is 0 Å². The number of nitrogens with zero attached hydrogens (tertiary/aromatic N) is 1. The van der Waals surface area contributed by atoms with E-state index >= 15 is 0 Å². The van der Waals surface area contributed by atoms with E-state index in [2.05, 4.69) is 15.0 Å². The lowest BCUT2D eigenvalue weighted by Crippen LogP contribution is -2.24. The maximum absolute atomic E-state index is 12.2. The maximum atomic E-state index is 12.2. The number of amides is 1. The molecule has 2 aromatic heterocycles. The number of pyridine rings is 1. The SMILES string of the molecule is Cc1ccc(C(=O)NCc2cccnc2OCC(F)(F)F)s1. The van der Waals surface area contributed by atoms with Crippen LogP contribution in [0, 0.1) is 6.92 Å². The first-order chi connectivity index (χ1) is 10.3. The molecule has 0 aromatic carbocycles. The van der Waals surface area contributed by atoms with E-state index in [4.69, 9.17) is 0 Å². The molecule has 0 bridgehead atoms. The van der Waals surface area contributed by atoms with Gasteiger partial charge in [-0.15, -0.1) is 11.3 Å². The second-order valence-electron chi connectivity index (χ2n) is 4.46. The Hall–Kier alpha value is -2.09. The molecule has 2 aromatic rings. The van der Waals surface area contributed by atoms with Gasteiger partial charge in [0, 0.05) is 23.2 Å². The zero-order valence-corrected chi connectivity index (χ0v) is 12.4. The number of aromatic nitrogens is 1. The molecular weight excluding hydrogens is 317 g/mol. The van der Waals surface area contributed by atoms with E-state index in [9.17, 15) is 18.0 Å². The highest BCUT2D eigenvalue weighted by molar-refractivity contribution is 7.13. The summed E-state index contributed by atoms with van der Waals surface area (Å²) in [6, 6.07) is 6.64. The number of thiophene rings is 1. The van der Waals surface area contributed by atoms with Crippen molar-refractivity contribution in [2.24, 2.45) is 0 Å². The topological polar surface area (TPSA) is 51.2 Å². The van der Waals surface area contributed by atoms with Gasteiger partial charge in [-0.1, -0.05) is 6.07 Å². The first-order valence-corrected chi connectivity index (χ1v) is 7.15. The molecule has 8 heteroatoms.